The van der Waals surface area contributed by atoms with Gasteiger partial charge in [0.25, 0.3) is 0 Å². The highest BCUT2D eigenvalue weighted by molar-refractivity contribution is 5.71. The van der Waals surface area contributed by atoms with Crippen LogP contribution in [0.4, 0.5) is 0 Å². The first-order chi connectivity index (χ1) is 7.70. The van der Waals surface area contributed by atoms with Gasteiger partial charge in [0, 0.05) is 12.2 Å². The van der Waals surface area contributed by atoms with Crippen LogP contribution >= 0.6 is 0 Å². The molecular weight excluding hydrogens is 196 g/mol. The Bertz CT molecular complexity index is 380. The number of hydrogen-bond donors (Lipinski definition) is 2. The van der Waals surface area contributed by atoms with E-state index >= 15 is 0 Å². The number of rotatable bonds is 5. The van der Waals surface area contributed by atoms with E-state index in [1.807, 2.05) is 13.2 Å². The van der Waals surface area contributed by atoms with Crippen molar-refractivity contribution in [1.82, 2.24) is 10.6 Å². The van der Waals surface area contributed by atoms with Gasteiger partial charge in [-0.15, -0.1) is 0 Å². The first-order valence-corrected chi connectivity index (χ1v) is 5.51. The summed E-state index contributed by atoms with van der Waals surface area (Å²) < 4.78 is 0. The first-order valence-electron chi connectivity index (χ1n) is 5.51. The standard InChI is InChI=1S/C14H20N2/c1-5-16-10-14(12(3)15-4)13-9-7-6-8-11(13)2/h5-10,12,15-16H,1H2,2-4H3/b14-10-. The molecule has 0 saturated carbocycles. The molecule has 0 bridgehead atoms. The fraction of sp³-hybridized carbons (Fsp3) is 0.286. The Kier molecular flexibility index (Phi) is 4.80. The van der Waals surface area contributed by atoms with Crippen LogP contribution in [0.1, 0.15) is 18.1 Å². The molecule has 0 aromatic heterocycles. The van der Waals surface area contributed by atoms with E-state index < -0.39 is 0 Å². The van der Waals surface area contributed by atoms with Gasteiger partial charge < -0.3 is 10.6 Å². The van der Waals surface area contributed by atoms with E-state index in [1.165, 1.54) is 16.7 Å². The van der Waals surface area contributed by atoms with Gasteiger partial charge in [0.15, 0.2) is 0 Å². The largest absolute Gasteiger partial charge is 0.368 e. The summed E-state index contributed by atoms with van der Waals surface area (Å²) in [5.74, 6) is 0. The van der Waals surface area contributed by atoms with Crippen LogP contribution in [-0.2, 0) is 0 Å². The van der Waals surface area contributed by atoms with Gasteiger partial charge in [0.1, 0.15) is 0 Å². The maximum Gasteiger partial charge on any atom is 0.0309 e. The zero-order valence-electron chi connectivity index (χ0n) is 10.2. The van der Waals surface area contributed by atoms with Crippen molar-refractivity contribution < 1.29 is 0 Å². The smallest absolute Gasteiger partial charge is 0.0309 e. The minimum atomic E-state index is 0.300. The molecule has 0 amide bonds. The van der Waals surface area contributed by atoms with Crippen molar-refractivity contribution >= 4 is 5.57 Å². The number of nitrogens with one attached hydrogen (secondary N) is 2. The minimum absolute atomic E-state index is 0.300. The molecule has 0 aliphatic carbocycles. The predicted octanol–water partition coefficient (Wildman–Crippen LogP) is 2.68. The Morgan fingerprint density at radius 2 is 2.06 bits per heavy atom. The fourth-order valence-electron chi connectivity index (χ4n) is 1.64. The van der Waals surface area contributed by atoms with Crippen molar-refractivity contribution in [3.8, 4) is 0 Å². The van der Waals surface area contributed by atoms with Crippen LogP contribution in [0.3, 0.4) is 0 Å². The maximum absolute atomic E-state index is 3.66. The SMILES string of the molecule is C=CN/C=C(\c1ccccc1C)C(C)NC. The third-order valence-corrected chi connectivity index (χ3v) is 2.71. The van der Waals surface area contributed by atoms with Gasteiger partial charge >= 0.3 is 0 Å². The molecule has 0 aliphatic rings. The molecule has 0 fully saturated rings. The third kappa shape index (κ3) is 2.97. The topological polar surface area (TPSA) is 24.1 Å². The van der Waals surface area contributed by atoms with Crippen molar-refractivity contribution in [1.29, 1.82) is 0 Å². The molecular formula is C14H20N2. The van der Waals surface area contributed by atoms with Crippen LogP contribution in [0, 0.1) is 6.92 Å². The summed E-state index contributed by atoms with van der Waals surface area (Å²) in [7, 11) is 1.96. The Balaban J connectivity index is 3.11. The molecule has 1 rings (SSSR count). The molecule has 0 saturated heterocycles. The third-order valence-electron chi connectivity index (χ3n) is 2.71. The Labute approximate surface area is 98.1 Å². The lowest BCUT2D eigenvalue weighted by atomic mass is 9.96. The normalized spacial score (nSPS) is 13.3. The van der Waals surface area contributed by atoms with Gasteiger partial charge in [0.2, 0.25) is 0 Å². The zero-order chi connectivity index (χ0) is 12.0. The van der Waals surface area contributed by atoms with E-state index in [0.29, 0.717) is 6.04 Å². The van der Waals surface area contributed by atoms with E-state index in [2.05, 4.69) is 55.3 Å². The van der Waals surface area contributed by atoms with Gasteiger partial charge in [0.05, 0.1) is 0 Å². The van der Waals surface area contributed by atoms with Crippen molar-refractivity contribution in [2.45, 2.75) is 19.9 Å². The Hall–Kier alpha value is -1.54. The highest BCUT2D eigenvalue weighted by atomic mass is 14.9. The number of likely N-dealkylation sites (N-methyl/N-ethyl adjacent to an activating group) is 1. The van der Waals surface area contributed by atoms with Gasteiger partial charge in [-0.3, -0.25) is 0 Å². The molecule has 0 heterocycles. The summed E-state index contributed by atoms with van der Waals surface area (Å²) in [4.78, 5) is 0. The molecule has 1 aromatic rings. The van der Waals surface area contributed by atoms with E-state index in [4.69, 9.17) is 0 Å². The second-order valence-corrected chi connectivity index (χ2v) is 3.80. The maximum atomic E-state index is 3.66. The quantitative estimate of drug-likeness (QED) is 0.790. The second-order valence-electron chi connectivity index (χ2n) is 3.80. The lowest BCUT2D eigenvalue weighted by Gasteiger charge is -2.17. The van der Waals surface area contributed by atoms with Crippen molar-refractivity contribution in [2.24, 2.45) is 0 Å². The summed E-state index contributed by atoms with van der Waals surface area (Å²) in [5, 5.41) is 6.31. The molecule has 1 aromatic carbocycles. The van der Waals surface area contributed by atoms with Crippen molar-refractivity contribution in [2.75, 3.05) is 7.05 Å². The average Bonchev–Trinajstić information content (AvgIpc) is 2.31. The van der Waals surface area contributed by atoms with E-state index in [0.717, 1.165) is 0 Å². The second kappa shape index (κ2) is 6.13. The molecule has 2 heteroatoms. The minimum Gasteiger partial charge on any atom is -0.368 e. The van der Waals surface area contributed by atoms with Crippen LogP contribution in [-0.4, -0.2) is 13.1 Å². The van der Waals surface area contributed by atoms with E-state index in [-0.39, 0.29) is 0 Å². The molecule has 86 valence electrons. The van der Waals surface area contributed by atoms with Crippen LogP contribution < -0.4 is 10.6 Å². The molecule has 1 atom stereocenters. The average molecular weight is 216 g/mol. The van der Waals surface area contributed by atoms with Gasteiger partial charge in [-0.1, -0.05) is 30.8 Å². The van der Waals surface area contributed by atoms with Crippen LogP contribution in [0.25, 0.3) is 5.57 Å². The van der Waals surface area contributed by atoms with Crippen LogP contribution in [0.2, 0.25) is 0 Å². The van der Waals surface area contributed by atoms with Crippen LogP contribution in [0.15, 0.2) is 43.2 Å². The summed E-state index contributed by atoms with van der Waals surface area (Å²) in [6.45, 7) is 7.92. The fourth-order valence-corrected chi connectivity index (χ4v) is 1.64. The summed E-state index contributed by atoms with van der Waals surface area (Å²) in [6, 6.07) is 8.68. The van der Waals surface area contributed by atoms with E-state index in [9.17, 15) is 0 Å². The number of hydrogen-bond acceptors (Lipinski definition) is 2. The molecule has 1 unspecified atom stereocenters. The Morgan fingerprint density at radius 3 is 2.62 bits per heavy atom. The van der Waals surface area contributed by atoms with E-state index in [1.54, 1.807) is 6.20 Å². The molecule has 0 spiro atoms. The van der Waals surface area contributed by atoms with Crippen molar-refractivity contribution in [3.05, 3.63) is 54.4 Å². The zero-order valence-corrected chi connectivity index (χ0v) is 10.2. The molecule has 2 nitrogen and oxygen atoms in total. The number of benzene rings is 1. The van der Waals surface area contributed by atoms with Gasteiger partial charge in [-0.05, 0) is 43.8 Å². The monoisotopic (exact) mass is 216 g/mol. The number of aryl methyl sites for hydroxylation is 1. The summed E-state index contributed by atoms with van der Waals surface area (Å²) >= 11 is 0. The molecule has 0 aliphatic heterocycles. The van der Waals surface area contributed by atoms with Crippen molar-refractivity contribution in [3.63, 3.8) is 0 Å². The van der Waals surface area contributed by atoms with Crippen LogP contribution in [0.5, 0.6) is 0 Å². The summed E-state index contributed by atoms with van der Waals surface area (Å²) in [6.07, 6.45) is 3.68. The molecule has 16 heavy (non-hydrogen) atoms. The lowest BCUT2D eigenvalue weighted by molar-refractivity contribution is 0.741. The lowest BCUT2D eigenvalue weighted by Crippen LogP contribution is -2.24. The molecule has 0 radical (unpaired) electrons. The summed E-state index contributed by atoms with van der Waals surface area (Å²) in [5.41, 5.74) is 3.78. The Morgan fingerprint density at radius 1 is 1.38 bits per heavy atom. The highest BCUT2D eigenvalue weighted by Gasteiger charge is 2.10. The highest BCUT2D eigenvalue weighted by Crippen LogP contribution is 2.21. The van der Waals surface area contributed by atoms with Gasteiger partial charge in [-0.2, -0.15) is 0 Å². The molecule has 2 N–H and O–H groups in total. The predicted molar refractivity (Wildman–Crippen MR) is 71.0 cm³/mol. The van der Waals surface area contributed by atoms with Gasteiger partial charge in [-0.25, -0.2) is 0 Å². The first kappa shape index (κ1) is 12.5.